The first-order valence-electron chi connectivity index (χ1n) is 4.71. The molecule has 0 spiro atoms. The molecule has 1 heterocycles. The number of anilines is 1. The molecule has 0 radical (unpaired) electrons. The Bertz CT molecular complexity index is 298. The van der Waals surface area contributed by atoms with E-state index in [-0.39, 0.29) is 12.6 Å². The van der Waals surface area contributed by atoms with E-state index in [1.54, 1.807) is 25.4 Å². The lowest BCUT2D eigenvalue weighted by Crippen LogP contribution is -2.24. The largest absolute Gasteiger partial charge is 0.368 e. The van der Waals surface area contributed by atoms with Gasteiger partial charge in [-0.15, -0.1) is 0 Å². The number of hydrogen-bond donors (Lipinski definition) is 1. The zero-order valence-corrected chi connectivity index (χ0v) is 8.82. The monoisotopic (exact) mass is 215 g/mol. The lowest BCUT2D eigenvalue weighted by Gasteiger charge is -2.18. The van der Waals surface area contributed by atoms with Crippen LogP contribution in [0.2, 0.25) is 0 Å². The fourth-order valence-electron chi connectivity index (χ4n) is 1.21. The summed E-state index contributed by atoms with van der Waals surface area (Å²) in [5.41, 5.74) is 7.04. The molecule has 0 aliphatic heterocycles. The Balaban J connectivity index is 2.71. The quantitative estimate of drug-likeness (QED) is 0.832. The van der Waals surface area contributed by atoms with E-state index in [2.05, 4.69) is 4.98 Å². The number of halogens is 2. The fraction of sp³-hybridized carbons (Fsp3) is 0.500. The van der Waals surface area contributed by atoms with Crippen molar-refractivity contribution in [2.75, 3.05) is 18.5 Å². The van der Waals surface area contributed by atoms with Crippen molar-refractivity contribution in [2.45, 2.75) is 19.4 Å². The third-order valence-corrected chi connectivity index (χ3v) is 2.09. The Morgan fingerprint density at radius 2 is 2.13 bits per heavy atom. The molecule has 1 atom stereocenters. The lowest BCUT2D eigenvalue weighted by atomic mass is 10.2. The molecule has 1 aromatic rings. The summed E-state index contributed by atoms with van der Waals surface area (Å²) in [5.74, 6) is 0. The van der Waals surface area contributed by atoms with E-state index >= 15 is 0 Å². The van der Waals surface area contributed by atoms with Gasteiger partial charge in [0.1, 0.15) is 0 Å². The van der Waals surface area contributed by atoms with Crippen molar-refractivity contribution in [2.24, 2.45) is 5.73 Å². The topological polar surface area (TPSA) is 42.1 Å². The number of nitrogens with two attached hydrogens (primary N) is 1. The molecule has 0 saturated heterocycles. The first-order valence-corrected chi connectivity index (χ1v) is 4.71. The Hall–Kier alpha value is -1.23. The van der Waals surface area contributed by atoms with Crippen LogP contribution in [-0.4, -0.2) is 25.0 Å². The van der Waals surface area contributed by atoms with Crippen LogP contribution in [-0.2, 0) is 0 Å². The van der Waals surface area contributed by atoms with Gasteiger partial charge < -0.3 is 10.6 Å². The highest BCUT2D eigenvalue weighted by atomic mass is 19.3. The van der Waals surface area contributed by atoms with Gasteiger partial charge in [-0.3, -0.25) is 4.98 Å². The average Bonchev–Trinajstić information content (AvgIpc) is 2.17. The van der Waals surface area contributed by atoms with E-state index in [9.17, 15) is 8.78 Å². The zero-order valence-electron chi connectivity index (χ0n) is 8.82. The van der Waals surface area contributed by atoms with Crippen LogP contribution >= 0.6 is 0 Å². The Labute approximate surface area is 87.9 Å². The maximum atomic E-state index is 12.1. The minimum Gasteiger partial charge on any atom is -0.368 e. The van der Waals surface area contributed by atoms with Crippen LogP contribution in [0.1, 0.15) is 18.7 Å². The molecule has 0 aromatic carbocycles. The van der Waals surface area contributed by atoms with Crippen molar-refractivity contribution in [1.29, 1.82) is 0 Å². The van der Waals surface area contributed by atoms with Crippen LogP contribution in [0.15, 0.2) is 18.3 Å². The number of pyridine rings is 1. The van der Waals surface area contributed by atoms with E-state index in [0.29, 0.717) is 5.69 Å². The Morgan fingerprint density at radius 1 is 1.47 bits per heavy atom. The van der Waals surface area contributed by atoms with E-state index in [4.69, 9.17) is 5.73 Å². The molecule has 0 aliphatic rings. The van der Waals surface area contributed by atoms with Gasteiger partial charge in [-0.25, -0.2) is 8.78 Å². The highest BCUT2D eigenvalue weighted by Gasteiger charge is 2.09. The smallest absolute Gasteiger partial charge is 0.255 e. The molecule has 1 unspecified atom stereocenters. The van der Waals surface area contributed by atoms with Crippen LogP contribution in [0.5, 0.6) is 0 Å². The van der Waals surface area contributed by atoms with Gasteiger partial charge in [-0.1, -0.05) is 0 Å². The van der Waals surface area contributed by atoms with Gasteiger partial charge in [0, 0.05) is 13.1 Å². The molecule has 1 aromatic heterocycles. The van der Waals surface area contributed by atoms with Gasteiger partial charge in [0.05, 0.1) is 24.1 Å². The molecule has 0 amide bonds. The molecule has 84 valence electrons. The van der Waals surface area contributed by atoms with Crippen molar-refractivity contribution in [3.8, 4) is 0 Å². The number of nitrogens with zero attached hydrogens (tertiary/aromatic N) is 2. The third-order valence-electron chi connectivity index (χ3n) is 2.09. The van der Waals surface area contributed by atoms with Gasteiger partial charge >= 0.3 is 0 Å². The molecule has 0 bridgehead atoms. The van der Waals surface area contributed by atoms with Crippen LogP contribution in [0.3, 0.4) is 0 Å². The minimum absolute atomic E-state index is 0.139. The summed E-state index contributed by atoms with van der Waals surface area (Å²) < 4.78 is 24.2. The van der Waals surface area contributed by atoms with Crippen molar-refractivity contribution in [3.63, 3.8) is 0 Å². The second kappa shape index (κ2) is 5.02. The van der Waals surface area contributed by atoms with E-state index in [0.717, 1.165) is 5.69 Å². The summed E-state index contributed by atoms with van der Waals surface area (Å²) in [4.78, 5) is 5.56. The molecule has 0 fully saturated rings. The first-order chi connectivity index (χ1) is 7.00. The molecule has 5 heteroatoms. The van der Waals surface area contributed by atoms with Gasteiger partial charge in [0.15, 0.2) is 0 Å². The average molecular weight is 215 g/mol. The zero-order chi connectivity index (χ0) is 11.4. The molecule has 3 nitrogen and oxygen atoms in total. The van der Waals surface area contributed by atoms with Crippen molar-refractivity contribution in [1.82, 2.24) is 4.98 Å². The summed E-state index contributed by atoms with van der Waals surface area (Å²) in [6, 6.07) is 3.36. The molecule has 15 heavy (non-hydrogen) atoms. The number of aromatic nitrogens is 1. The summed E-state index contributed by atoms with van der Waals surface area (Å²) >= 11 is 0. The number of rotatable bonds is 4. The van der Waals surface area contributed by atoms with E-state index < -0.39 is 6.43 Å². The Kier molecular flexibility index (Phi) is 3.96. The normalized spacial score (nSPS) is 12.9. The fourth-order valence-corrected chi connectivity index (χ4v) is 1.21. The van der Waals surface area contributed by atoms with Gasteiger partial charge in [-0.2, -0.15) is 0 Å². The Morgan fingerprint density at radius 3 is 2.53 bits per heavy atom. The SMILES string of the molecule is CC(N)c1ccc(N(C)CC(F)F)cn1. The second-order valence-corrected chi connectivity index (χ2v) is 3.50. The van der Waals surface area contributed by atoms with Crippen LogP contribution < -0.4 is 10.6 Å². The van der Waals surface area contributed by atoms with Gasteiger partial charge in [0.2, 0.25) is 0 Å². The third kappa shape index (κ3) is 3.43. The molecule has 0 saturated carbocycles. The standard InChI is InChI=1S/C10H15F2N3/c1-7(13)9-4-3-8(5-14-9)15(2)6-10(11)12/h3-5,7,10H,6,13H2,1-2H3. The predicted molar refractivity (Wildman–Crippen MR) is 56.1 cm³/mol. The van der Waals surface area contributed by atoms with Crippen LogP contribution in [0, 0.1) is 0 Å². The van der Waals surface area contributed by atoms with Crippen molar-refractivity contribution in [3.05, 3.63) is 24.0 Å². The van der Waals surface area contributed by atoms with Gasteiger partial charge in [0.25, 0.3) is 6.43 Å². The summed E-state index contributed by atoms with van der Waals surface area (Å²) in [7, 11) is 1.61. The van der Waals surface area contributed by atoms with E-state index in [1.807, 2.05) is 6.92 Å². The number of alkyl halides is 2. The first kappa shape index (κ1) is 11.8. The minimum atomic E-state index is -2.34. The van der Waals surface area contributed by atoms with Gasteiger partial charge in [-0.05, 0) is 19.1 Å². The molecular formula is C10H15F2N3. The molecular weight excluding hydrogens is 200 g/mol. The maximum Gasteiger partial charge on any atom is 0.255 e. The highest BCUT2D eigenvalue weighted by Crippen LogP contribution is 2.14. The molecule has 2 N–H and O–H groups in total. The van der Waals surface area contributed by atoms with Crippen LogP contribution in [0.25, 0.3) is 0 Å². The maximum absolute atomic E-state index is 12.1. The van der Waals surface area contributed by atoms with E-state index in [1.165, 1.54) is 4.90 Å². The predicted octanol–water partition coefficient (Wildman–Crippen LogP) is 1.80. The second-order valence-electron chi connectivity index (χ2n) is 3.50. The van der Waals surface area contributed by atoms with Crippen molar-refractivity contribution < 1.29 is 8.78 Å². The molecule has 0 aliphatic carbocycles. The summed E-state index contributed by atoms with van der Waals surface area (Å²) in [5, 5.41) is 0. The number of hydrogen-bond acceptors (Lipinski definition) is 3. The van der Waals surface area contributed by atoms with Crippen molar-refractivity contribution >= 4 is 5.69 Å². The highest BCUT2D eigenvalue weighted by molar-refractivity contribution is 5.43. The van der Waals surface area contributed by atoms with Crippen LogP contribution in [0.4, 0.5) is 14.5 Å². The lowest BCUT2D eigenvalue weighted by molar-refractivity contribution is 0.156. The molecule has 1 rings (SSSR count). The summed E-state index contributed by atoms with van der Waals surface area (Å²) in [6.07, 6.45) is -0.788. The summed E-state index contributed by atoms with van der Waals surface area (Å²) in [6.45, 7) is 1.53.